The lowest BCUT2D eigenvalue weighted by atomic mass is 10.1. The number of amides is 1. The first-order chi connectivity index (χ1) is 15.1. The lowest BCUT2D eigenvalue weighted by Gasteiger charge is -2.34. The molecule has 0 bridgehead atoms. The second kappa shape index (κ2) is 10.2. The number of rotatable bonds is 9. The highest BCUT2D eigenvalue weighted by molar-refractivity contribution is 6.02. The van der Waals surface area contributed by atoms with Gasteiger partial charge in [-0.1, -0.05) is 12.1 Å². The summed E-state index contributed by atoms with van der Waals surface area (Å²) < 4.78 is 5.56. The molecule has 1 amide bonds. The van der Waals surface area contributed by atoms with E-state index in [1.54, 1.807) is 0 Å². The number of piperazine rings is 1. The van der Waals surface area contributed by atoms with Crippen molar-refractivity contribution in [1.29, 1.82) is 0 Å². The Kier molecular flexibility index (Phi) is 7.17. The lowest BCUT2D eigenvalue weighted by molar-refractivity contribution is 0.0642. The van der Waals surface area contributed by atoms with Gasteiger partial charge in [0, 0.05) is 38.4 Å². The normalized spacial score (nSPS) is 18.0. The van der Waals surface area contributed by atoms with Gasteiger partial charge in [-0.2, -0.15) is 0 Å². The average molecular weight is 425 g/mol. The van der Waals surface area contributed by atoms with Gasteiger partial charge in [-0.15, -0.1) is 6.58 Å². The smallest absolute Gasteiger partial charge is 0.277 e. The van der Waals surface area contributed by atoms with E-state index < -0.39 is 0 Å². The molecule has 1 aliphatic heterocycles. The molecule has 166 valence electrons. The van der Waals surface area contributed by atoms with Crippen molar-refractivity contribution in [3.63, 3.8) is 0 Å². The molecule has 2 heterocycles. The number of benzene rings is 1. The molecule has 1 aromatic heterocycles. The summed E-state index contributed by atoms with van der Waals surface area (Å²) in [6.07, 6.45) is 7.97. The predicted octanol–water partition coefficient (Wildman–Crippen LogP) is 2.86. The van der Waals surface area contributed by atoms with Crippen LogP contribution < -0.4 is 5.32 Å². The number of oxazole rings is 1. The fourth-order valence-corrected chi connectivity index (χ4v) is 4.35. The molecule has 0 spiro atoms. The van der Waals surface area contributed by atoms with Gasteiger partial charge in [0.05, 0.1) is 12.6 Å². The third-order valence-corrected chi connectivity index (χ3v) is 6.14. The molecule has 1 fully saturated rings. The molecule has 2 N–H and O–H groups in total. The monoisotopic (exact) mass is 424 g/mol. The largest absolute Gasteiger partial charge is 0.447 e. The zero-order valence-electron chi connectivity index (χ0n) is 18.1. The minimum Gasteiger partial charge on any atom is -0.447 e. The number of aromatic nitrogens is 1. The number of fused-ring (bicyclic) bond motifs is 1. The number of nitrogens with zero attached hydrogens (tertiary/aromatic N) is 3. The van der Waals surface area contributed by atoms with Crippen molar-refractivity contribution in [2.24, 2.45) is 0 Å². The number of β-amino-alcohol motifs (C(OH)–C–C–N with tert-alkyl or cyclic N) is 1. The number of carbonyl (C=O) groups excluding carboxylic acids is 1. The van der Waals surface area contributed by atoms with E-state index in [2.05, 4.69) is 38.8 Å². The van der Waals surface area contributed by atoms with Gasteiger partial charge in [0.2, 0.25) is 5.89 Å². The third kappa shape index (κ3) is 5.81. The fourth-order valence-electron chi connectivity index (χ4n) is 4.35. The fraction of sp³-hybridized carbons (Fsp3) is 0.500. The van der Waals surface area contributed by atoms with Gasteiger partial charge in [0.1, 0.15) is 6.26 Å². The predicted molar refractivity (Wildman–Crippen MR) is 120 cm³/mol. The molecule has 1 saturated heterocycles. The van der Waals surface area contributed by atoms with Crippen molar-refractivity contribution < 1.29 is 14.3 Å². The molecule has 0 unspecified atom stereocenters. The minimum absolute atomic E-state index is 0.244. The lowest BCUT2D eigenvalue weighted by Crippen LogP contribution is -2.48. The number of hydrogen-bond donors (Lipinski definition) is 2. The maximum atomic E-state index is 12.6. The number of hydrogen-bond acceptors (Lipinski definition) is 6. The van der Waals surface area contributed by atoms with Crippen molar-refractivity contribution in [2.75, 3.05) is 38.0 Å². The highest BCUT2D eigenvalue weighted by atomic mass is 16.3. The first-order valence-corrected chi connectivity index (χ1v) is 11.2. The highest BCUT2D eigenvalue weighted by Gasteiger charge is 2.21. The Labute approximate surface area is 183 Å². The summed E-state index contributed by atoms with van der Waals surface area (Å²) in [7, 11) is 0. The van der Waals surface area contributed by atoms with E-state index in [-0.39, 0.29) is 12.0 Å². The van der Waals surface area contributed by atoms with Crippen molar-refractivity contribution in [2.45, 2.75) is 44.8 Å². The van der Waals surface area contributed by atoms with Crippen LogP contribution in [0.2, 0.25) is 0 Å². The van der Waals surface area contributed by atoms with Crippen LogP contribution in [0.1, 0.15) is 46.8 Å². The van der Waals surface area contributed by atoms with Crippen molar-refractivity contribution >= 4 is 11.6 Å². The first kappa shape index (κ1) is 21.7. The maximum absolute atomic E-state index is 12.6. The van der Waals surface area contributed by atoms with Gasteiger partial charge < -0.3 is 14.8 Å². The Balaban J connectivity index is 1.24. The van der Waals surface area contributed by atoms with Crippen LogP contribution in [0, 0.1) is 0 Å². The molecule has 7 heteroatoms. The number of aryl methyl sites for hydroxylation is 2. The summed E-state index contributed by atoms with van der Waals surface area (Å²) in [5.41, 5.74) is 3.82. The van der Waals surface area contributed by atoms with Gasteiger partial charge in [-0.25, -0.2) is 4.98 Å². The van der Waals surface area contributed by atoms with E-state index in [0.717, 1.165) is 57.5 Å². The van der Waals surface area contributed by atoms with E-state index in [4.69, 9.17) is 4.42 Å². The molecular formula is C24H32N4O3. The van der Waals surface area contributed by atoms with Crippen LogP contribution in [0.3, 0.4) is 0 Å². The van der Waals surface area contributed by atoms with E-state index in [1.165, 1.54) is 23.8 Å². The van der Waals surface area contributed by atoms with Gasteiger partial charge >= 0.3 is 0 Å². The molecule has 1 aromatic carbocycles. The van der Waals surface area contributed by atoms with Crippen LogP contribution in [-0.2, 0) is 19.4 Å². The summed E-state index contributed by atoms with van der Waals surface area (Å²) in [6, 6.07) is 6.12. The second-order valence-electron chi connectivity index (χ2n) is 8.51. The Morgan fingerprint density at radius 1 is 1.23 bits per heavy atom. The number of aliphatic hydroxyl groups excluding tert-OH is 1. The Bertz CT molecular complexity index is 902. The van der Waals surface area contributed by atoms with Crippen LogP contribution in [-0.4, -0.2) is 64.6 Å². The van der Waals surface area contributed by atoms with Gasteiger partial charge in [-0.05, 0) is 55.4 Å². The van der Waals surface area contributed by atoms with Crippen molar-refractivity contribution in [3.05, 3.63) is 59.8 Å². The zero-order valence-corrected chi connectivity index (χ0v) is 18.1. The van der Waals surface area contributed by atoms with E-state index >= 15 is 0 Å². The Morgan fingerprint density at radius 2 is 2.00 bits per heavy atom. The van der Waals surface area contributed by atoms with Crippen LogP contribution >= 0.6 is 0 Å². The van der Waals surface area contributed by atoms with Gasteiger partial charge in [-0.3, -0.25) is 14.6 Å². The molecule has 1 aliphatic carbocycles. The van der Waals surface area contributed by atoms with Crippen molar-refractivity contribution in [1.82, 2.24) is 14.8 Å². The molecule has 2 aliphatic rings. The molecule has 4 rings (SSSR count). The highest BCUT2D eigenvalue weighted by Crippen LogP contribution is 2.25. The standard InChI is InChI=1S/C24H32N4O3/c1-2-3-7-21(29)15-27-10-12-28(13-11-27)16-23-26-22(17-31-23)24(30)25-20-9-8-18-5-4-6-19(18)14-20/h2,8-9,14,17,21,29H,1,3-7,10-13,15-16H2,(H,25,30)/t21-/m1/s1. The van der Waals surface area contributed by atoms with E-state index in [1.807, 2.05) is 12.1 Å². The van der Waals surface area contributed by atoms with Crippen LogP contribution in [0.4, 0.5) is 5.69 Å². The quantitative estimate of drug-likeness (QED) is 0.603. The molecule has 7 nitrogen and oxygen atoms in total. The molecule has 2 aromatic rings. The average Bonchev–Trinajstić information content (AvgIpc) is 3.43. The number of allylic oxidation sites excluding steroid dienone is 1. The SMILES string of the molecule is C=CCC[C@@H](O)CN1CCN(Cc2nc(C(=O)Nc3ccc4c(c3)CCC4)co2)CC1. The van der Waals surface area contributed by atoms with E-state index in [9.17, 15) is 9.90 Å². The molecule has 1 atom stereocenters. The summed E-state index contributed by atoms with van der Waals surface area (Å²) in [5, 5.41) is 13.0. The summed E-state index contributed by atoms with van der Waals surface area (Å²) in [5.74, 6) is 0.310. The summed E-state index contributed by atoms with van der Waals surface area (Å²) in [4.78, 5) is 21.5. The topological polar surface area (TPSA) is 81.8 Å². The van der Waals surface area contributed by atoms with Gasteiger partial charge in [0.25, 0.3) is 5.91 Å². The number of anilines is 1. The van der Waals surface area contributed by atoms with E-state index in [0.29, 0.717) is 24.7 Å². The van der Waals surface area contributed by atoms with Crippen molar-refractivity contribution in [3.8, 4) is 0 Å². The summed E-state index contributed by atoms with van der Waals surface area (Å²) >= 11 is 0. The van der Waals surface area contributed by atoms with Crippen LogP contribution in [0.25, 0.3) is 0 Å². The van der Waals surface area contributed by atoms with Crippen LogP contribution in [0.15, 0.2) is 41.5 Å². The number of carbonyl (C=O) groups is 1. The first-order valence-electron chi connectivity index (χ1n) is 11.2. The molecule has 0 saturated carbocycles. The number of aliphatic hydroxyl groups is 1. The second-order valence-corrected chi connectivity index (χ2v) is 8.51. The summed E-state index contributed by atoms with van der Waals surface area (Å²) in [6.45, 7) is 8.55. The van der Waals surface area contributed by atoms with Gasteiger partial charge in [0.15, 0.2) is 5.69 Å². The maximum Gasteiger partial charge on any atom is 0.277 e. The Morgan fingerprint density at radius 3 is 2.81 bits per heavy atom. The minimum atomic E-state index is -0.303. The number of nitrogens with one attached hydrogen (secondary N) is 1. The molecule has 0 radical (unpaired) electrons. The van der Waals surface area contributed by atoms with Crippen LogP contribution in [0.5, 0.6) is 0 Å². The third-order valence-electron chi connectivity index (χ3n) is 6.14. The Hall–Kier alpha value is -2.48. The zero-order chi connectivity index (χ0) is 21.6. The molecular weight excluding hydrogens is 392 g/mol. The molecule has 31 heavy (non-hydrogen) atoms.